The van der Waals surface area contributed by atoms with E-state index >= 15 is 0 Å². The highest BCUT2D eigenvalue weighted by Gasteiger charge is 2.18. The van der Waals surface area contributed by atoms with Gasteiger partial charge in [0.15, 0.2) is 0 Å². The number of rotatable bonds is 6. The van der Waals surface area contributed by atoms with Gasteiger partial charge in [-0.3, -0.25) is 0 Å². The second-order valence-corrected chi connectivity index (χ2v) is 5.47. The number of hydrogen-bond acceptors (Lipinski definition) is 0. The number of hydrogen-bond donors (Lipinski definition) is 0. The van der Waals surface area contributed by atoms with Crippen LogP contribution < -0.4 is 0 Å². The minimum absolute atomic E-state index is 0.558. The SMILES string of the molecule is CCC(CCC(C)(C)CC)C(C)C. The molecule has 0 saturated carbocycles. The summed E-state index contributed by atoms with van der Waals surface area (Å²) in [5.74, 6) is 1.79. The summed E-state index contributed by atoms with van der Waals surface area (Å²) in [6.07, 6.45) is 5.45. The Morgan fingerprint density at radius 2 is 1.62 bits per heavy atom. The Bertz CT molecular complexity index is 122. The molecule has 0 aliphatic rings. The van der Waals surface area contributed by atoms with Gasteiger partial charge in [-0.05, 0) is 30.1 Å². The van der Waals surface area contributed by atoms with Crippen molar-refractivity contribution in [2.75, 3.05) is 0 Å². The lowest BCUT2D eigenvalue weighted by Gasteiger charge is -2.27. The molecule has 0 fully saturated rings. The van der Waals surface area contributed by atoms with Crippen LogP contribution in [-0.2, 0) is 0 Å². The predicted molar refractivity (Wildman–Crippen MR) is 61.9 cm³/mol. The Labute approximate surface area is 85.1 Å². The van der Waals surface area contributed by atoms with Gasteiger partial charge in [0.25, 0.3) is 0 Å². The van der Waals surface area contributed by atoms with Crippen LogP contribution in [0.2, 0.25) is 0 Å². The molecule has 0 N–H and O–H groups in total. The van der Waals surface area contributed by atoms with Crippen molar-refractivity contribution in [1.29, 1.82) is 0 Å². The average molecular weight is 184 g/mol. The Balaban J connectivity index is 3.85. The van der Waals surface area contributed by atoms with E-state index in [0.717, 1.165) is 11.8 Å². The zero-order valence-corrected chi connectivity index (χ0v) is 10.5. The van der Waals surface area contributed by atoms with Crippen molar-refractivity contribution >= 4 is 0 Å². The van der Waals surface area contributed by atoms with E-state index in [4.69, 9.17) is 0 Å². The van der Waals surface area contributed by atoms with E-state index in [9.17, 15) is 0 Å². The van der Waals surface area contributed by atoms with Gasteiger partial charge in [-0.25, -0.2) is 0 Å². The molecule has 0 aromatic heterocycles. The summed E-state index contributed by atoms with van der Waals surface area (Å²) in [7, 11) is 0. The lowest BCUT2D eigenvalue weighted by molar-refractivity contribution is 0.250. The first kappa shape index (κ1) is 13.0. The molecule has 0 rings (SSSR count). The summed E-state index contributed by atoms with van der Waals surface area (Å²) in [6, 6.07) is 0. The third-order valence-electron chi connectivity index (χ3n) is 3.62. The monoisotopic (exact) mass is 184 g/mol. The molecule has 0 aliphatic carbocycles. The first-order valence-corrected chi connectivity index (χ1v) is 5.93. The van der Waals surface area contributed by atoms with Gasteiger partial charge in [-0.1, -0.05) is 54.4 Å². The van der Waals surface area contributed by atoms with E-state index < -0.39 is 0 Å². The maximum Gasteiger partial charge on any atom is -0.0357 e. The Hall–Kier alpha value is 0. The molecular weight excluding hydrogens is 156 g/mol. The van der Waals surface area contributed by atoms with Crippen molar-refractivity contribution in [2.45, 2.75) is 67.2 Å². The van der Waals surface area contributed by atoms with Crippen LogP contribution in [0.25, 0.3) is 0 Å². The molecule has 0 heteroatoms. The average Bonchev–Trinajstić information content (AvgIpc) is 2.05. The lowest BCUT2D eigenvalue weighted by Crippen LogP contribution is -2.15. The molecule has 0 aromatic carbocycles. The standard InChI is InChI=1S/C13H28/c1-7-12(11(3)4)9-10-13(5,6)8-2/h11-12H,7-10H2,1-6H3. The quantitative estimate of drug-likeness (QED) is 0.551. The fourth-order valence-electron chi connectivity index (χ4n) is 1.76. The van der Waals surface area contributed by atoms with Gasteiger partial charge in [0.05, 0.1) is 0 Å². The first-order chi connectivity index (χ1) is 5.93. The van der Waals surface area contributed by atoms with E-state index in [1.165, 1.54) is 25.7 Å². The second-order valence-electron chi connectivity index (χ2n) is 5.47. The molecule has 1 unspecified atom stereocenters. The minimum atomic E-state index is 0.558. The fraction of sp³-hybridized carbons (Fsp3) is 1.00. The van der Waals surface area contributed by atoms with Crippen molar-refractivity contribution in [2.24, 2.45) is 17.3 Å². The highest BCUT2D eigenvalue weighted by atomic mass is 14.2. The molecule has 13 heavy (non-hydrogen) atoms. The van der Waals surface area contributed by atoms with Gasteiger partial charge in [0.1, 0.15) is 0 Å². The molecule has 0 aliphatic heterocycles. The third kappa shape index (κ3) is 5.33. The summed E-state index contributed by atoms with van der Waals surface area (Å²) in [5, 5.41) is 0. The lowest BCUT2D eigenvalue weighted by atomic mass is 9.79. The second kappa shape index (κ2) is 5.67. The molecule has 0 spiro atoms. The molecular formula is C13H28. The van der Waals surface area contributed by atoms with E-state index in [0.29, 0.717) is 5.41 Å². The highest BCUT2D eigenvalue weighted by molar-refractivity contribution is 4.70. The largest absolute Gasteiger partial charge is 0.0651 e. The predicted octanol–water partition coefficient (Wildman–Crippen LogP) is 4.89. The van der Waals surface area contributed by atoms with Crippen LogP contribution in [0, 0.1) is 17.3 Å². The van der Waals surface area contributed by atoms with Gasteiger partial charge in [-0.2, -0.15) is 0 Å². The Kier molecular flexibility index (Phi) is 5.67. The fourth-order valence-corrected chi connectivity index (χ4v) is 1.76. The van der Waals surface area contributed by atoms with Crippen LogP contribution >= 0.6 is 0 Å². The van der Waals surface area contributed by atoms with Gasteiger partial charge >= 0.3 is 0 Å². The zero-order chi connectivity index (χ0) is 10.5. The Morgan fingerprint density at radius 3 is 1.92 bits per heavy atom. The highest BCUT2D eigenvalue weighted by Crippen LogP contribution is 2.31. The molecule has 0 saturated heterocycles. The molecule has 0 amide bonds. The summed E-state index contributed by atoms with van der Waals surface area (Å²) in [5.41, 5.74) is 0.558. The smallest absolute Gasteiger partial charge is 0.0357 e. The van der Waals surface area contributed by atoms with Crippen molar-refractivity contribution in [3.05, 3.63) is 0 Å². The van der Waals surface area contributed by atoms with E-state index in [1.807, 2.05) is 0 Å². The zero-order valence-electron chi connectivity index (χ0n) is 10.5. The minimum Gasteiger partial charge on any atom is -0.0651 e. The van der Waals surface area contributed by atoms with E-state index in [-0.39, 0.29) is 0 Å². The summed E-state index contributed by atoms with van der Waals surface area (Å²) in [6.45, 7) is 14.1. The maximum atomic E-state index is 2.39. The van der Waals surface area contributed by atoms with Gasteiger partial charge in [0.2, 0.25) is 0 Å². The molecule has 0 radical (unpaired) electrons. The van der Waals surface area contributed by atoms with Gasteiger partial charge in [0, 0.05) is 0 Å². The van der Waals surface area contributed by atoms with Crippen LogP contribution in [0.15, 0.2) is 0 Å². The summed E-state index contributed by atoms with van der Waals surface area (Å²) in [4.78, 5) is 0. The van der Waals surface area contributed by atoms with Crippen LogP contribution in [0.4, 0.5) is 0 Å². The van der Waals surface area contributed by atoms with Crippen molar-refractivity contribution in [1.82, 2.24) is 0 Å². The molecule has 80 valence electrons. The van der Waals surface area contributed by atoms with Gasteiger partial charge < -0.3 is 0 Å². The maximum absolute atomic E-state index is 2.39. The molecule has 0 nitrogen and oxygen atoms in total. The molecule has 0 aromatic rings. The van der Waals surface area contributed by atoms with Crippen molar-refractivity contribution in [3.8, 4) is 0 Å². The molecule has 0 heterocycles. The normalized spacial score (nSPS) is 15.0. The van der Waals surface area contributed by atoms with E-state index in [1.54, 1.807) is 0 Å². The molecule has 0 bridgehead atoms. The van der Waals surface area contributed by atoms with Crippen LogP contribution in [0.3, 0.4) is 0 Å². The van der Waals surface area contributed by atoms with Crippen LogP contribution in [0.5, 0.6) is 0 Å². The van der Waals surface area contributed by atoms with Crippen molar-refractivity contribution < 1.29 is 0 Å². The van der Waals surface area contributed by atoms with Gasteiger partial charge in [-0.15, -0.1) is 0 Å². The van der Waals surface area contributed by atoms with Crippen LogP contribution in [0.1, 0.15) is 67.2 Å². The first-order valence-electron chi connectivity index (χ1n) is 5.93. The third-order valence-corrected chi connectivity index (χ3v) is 3.62. The summed E-state index contributed by atoms with van der Waals surface area (Å²) < 4.78 is 0. The molecule has 1 atom stereocenters. The topological polar surface area (TPSA) is 0 Å². The summed E-state index contributed by atoms with van der Waals surface area (Å²) >= 11 is 0. The van der Waals surface area contributed by atoms with Crippen molar-refractivity contribution in [3.63, 3.8) is 0 Å². The Morgan fingerprint density at radius 1 is 1.08 bits per heavy atom. The van der Waals surface area contributed by atoms with Crippen LogP contribution in [-0.4, -0.2) is 0 Å². The van der Waals surface area contributed by atoms with E-state index in [2.05, 4.69) is 41.5 Å².